The Balaban J connectivity index is 2.01. The number of ether oxygens (including phenoxy) is 1. The second-order valence-electron chi connectivity index (χ2n) is 7.17. The van der Waals surface area contributed by atoms with Gasteiger partial charge in [0.2, 0.25) is 10.0 Å². The molecule has 21 heavy (non-hydrogen) atoms. The van der Waals surface area contributed by atoms with Gasteiger partial charge in [-0.15, -0.1) is 0 Å². The first kappa shape index (κ1) is 16.5. The minimum absolute atomic E-state index is 0.217. The number of likely N-dealkylation sites (tertiary alicyclic amines) is 1. The summed E-state index contributed by atoms with van der Waals surface area (Å²) in [6.45, 7) is 7.93. The van der Waals surface area contributed by atoms with Crippen LogP contribution in [0.4, 0.5) is 4.79 Å². The highest BCUT2D eigenvalue weighted by atomic mass is 32.2. The lowest BCUT2D eigenvalue weighted by molar-refractivity contribution is 0.0282. The van der Waals surface area contributed by atoms with E-state index < -0.39 is 15.6 Å². The third-order valence-corrected chi connectivity index (χ3v) is 5.39. The minimum Gasteiger partial charge on any atom is -0.444 e. The van der Waals surface area contributed by atoms with Crippen LogP contribution in [0.3, 0.4) is 0 Å². The van der Waals surface area contributed by atoms with Crippen molar-refractivity contribution in [1.82, 2.24) is 9.21 Å². The van der Waals surface area contributed by atoms with E-state index in [0.717, 1.165) is 12.8 Å². The van der Waals surface area contributed by atoms with Gasteiger partial charge in [0, 0.05) is 26.2 Å². The third-order valence-electron chi connectivity index (χ3n) is 4.12. The number of fused-ring (bicyclic) bond motifs is 1. The smallest absolute Gasteiger partial charge is 0.410 e. The number of rotatable bonds is 1. The number of hydrogen-bond donors (Lipinski definition) is 0. The van der Waals surface area contributed by atoms with Crippen molar-refractivity contribution in [1.29, 1.82) is 0 Å². The largest absolute Gasteiger partial charge is 0.444 e. The molecule has 0 aliphatic carbocycles. The number of sulfonamides is 1. The fraction of sp³-hybridized carbons (Fsp3) is 0.929. The normalized spacial score (nSPS) is 28.1. The Morgan fingerprint density at radius 3 is 2.33 bits per heavy atom. The maximum absolute atomic E-state index is 12.1. The molecule has 122 valence electrons. The lowest BCUT2D eigenvalue weighted by Gasteiger charge is -2.25. The lowest BCUT2D eigenvalue weighted by atomic mass is 9.93. The highest BCUT2D eigenvalue weighted by molar-refractivity contribution is 7.88. The molecule has 0 spiro atoms. The van der Waals surface area contributed by atoms with Gasteiger partial charge in [-0.2, -0.15) is 0 Å². The van der Waals surface area contributed by atoms with Crippen LogP contribution in [0.5, 0.6) is 0 Å². The third kappa shape index (κ3) is 4.32. The quantitative estimate of drug-likeness (QED) is 0.735. The molecule has 2 aliphatic rings. The summed E-state index contributed by atoms with van der Waals surface area (Å²) < 4.78 is 30.5. The Morgan fingerprint density at radius 1 is 1.14 bits per heavy atom. The Labute approximate surface area is 127 Å². The Bertz CT molecular complexity index is 498. The van der Waals surface area contributed by atoms with Crippen LogP contribution in [0.15, 0.2) is 0 Å². The summed E-state index contributed by atoms with van der Waals surface area (Å²) in [4.78, 5) is 13.9. The van der Waals surface area contributed by atoms with Gasteiger partial charge < -0.3 is 9.64 Å². The van der Waals surface area contributed by atoms with Gasteiger partial charge in [0.15, 0.2) is 0 Å². The summed E-state index contributed by atoms with van der Waals surface area (Å²) in [6, 6.07) is 0. The zero-order valence-corrected chi connectivity index (χ0v) is 14.1. The predicted octanol–water partition coefficient (Wildman–Crippen LogP) is 1.52. The van der Waals surface area contributed by atoms with E-state index in [-0.39, 0.29) is 12.0 Å². The second kappa shape index (κ2) is 5.76. The molecule has 0 bridgehead atoms. The van der Waals surface area contributed by atoms with Crippen molar-refractivity contribution in [2.75, 3.05) is 32.4 Å². The van der Waals surface area contributed by atoms with Crippen LogP contribution in [-0.2, 0) is 14.8 Å². The van der Waals surface area contributed by atoms with Gasteiger partial charge in [0.25, 0.3) is 0 Å². The Hall–Kier alpha value is -0.820. The first-order chi connectivity index (χ1) is 9.56. The second-order valence-corrected chi connectivity index (χ2v) is 9.15. The van der Waals surface area contributed by atoms with Crippen LogP contribution in [0.1, 0.15) is 33.6 Å². The van der Waals surface area contributed by atoms with Gasteiger partial charge in [-0.25, -0.2) is 17.5 Å². The van der Waals surface area contributed by atoms with Gasteiger partial charge in [0.1, 0.15) is 5.60 Å². The van der Waals surface area contributed by atoms with Crippen LogP contribution in [-0.4, -0.2) is 61.8 Å². The predicted molar refractivity (Wildman–Crippen MR) is 80.4 cm³/mol. The molecule has 2 atom stereocenters. The van der Waals surface area contributed by atoms with Crippen molar-refractivity contribution in [3.63, 3.8) is 0 Å². The molecular formula is C14H26N2O4S. The maximum Gasteiger partial charge on any atom is 0.410 e. The van der Waals surface area contributed by atoms with E-state index in [1.165, 1.54) is 6.26 Å². The summed E-state index contributed by atoms with van der Waals surface area (Å²) >= 11 is 0. The van der Waals surface area contributed by atoms with Gasteiger partial charge in [0.05, 0.1) is 6.26 Å². The minimum atomic E-state index is -3.16. The van der Waals surface area contributed by atoms with Gasteiger partial charge in [-0.3, -0.25) is 0 Å². The van der Waals surface area contributed by atoms with Crippen LogP contribution in [0.25, 0.3) is 0 Å². The lowest BCUT2D eigenvalue weighted by Crippen LogP contribution is -2.38. The summed E-state index contributed by atoms with van der Waals surface area (Å²) in [6.07, 6.45) is 2.79. The number of amides is 1. The summed E-state index contributed by atoms with van der Waals surface area (Å²) in [5.41, 5.74) is -0.499. The molecule has 7 heteroatoms. The molecule has 1 amide bonds. The van der Waals surface area contributed by atoms with E-state index in [4.69, 9.17) is 4.74 Å². The zero-order chi connectivity index (χ0) is 15.8. The van der Waals surface area contributed by atoms with Crippen LogP contribution in [0.2, 0.25) is 0 Å². The molecule has 0 radical (unpaired) electrons. The molecule has 2 saturated heterocycles. The van der Waals surface area contributed by atoms with Gasteiger partial charge >= 0.3 is 6.09 Å². The number of carbonyl (C=O) groups excluding carboxylic acids is 1. The first-order valence-corrected chi connectivity index (χ1v) is 9.34. The molecule has 2 fully saturated rings. The molecule has 2 rings (SSSR count). The van der Waals surface area contributed by atoms with Crippen molar-refractivity contribution in [2.45, 2.75) is 39.2 Å². The molecule has 6 nitrogen and oxygen atoms in total. The molecule has 2 heterocycles. The van der Waals surface area contributed by atoms with Gasteiger partial charge in [-0.1, -0.05) is 0 Å². The van der Waals surface area contributed by atoms with E-state index in [0.29, 0.717) is 32.1 Å². The number of hydrogen-bond acceptors (Lipinski definition) is 4. The van der Waals surface area contributed by atoms with E-state index >= 15 is 0 Å². The maximum atomic E-state index is 12.1. The van der Waals surface area contributed by atoms with Crippen molar-refractivity contribution in [3.05, 3.63) is 0 Å². The number of nitrogens with zero attached hydrogens (tertiary/aromatic N) is 2. The molecule has 0 N–H and O–H groups in total. The van der Waals surface area contributed by atoms with Crippen LogP contribution >= 0.6 is 0 Å². The van der Waals surface area contributed by atoms with Gasteiger partial charge in [-0.05, 0) is 45.4 Å². The molecule has 0 aromatic rings. The standard InChI is InChI=1S/C14H26N2O4S/c1-14(2,3)20-13(17)15-8-11-6-5-7-16(21(4,18)19)10-12(11)9-15/h11-12H,5-10H2,1-4H3. The van der Waals surface area contributed by atoms with Crippen molar-refractivity contribution in [3.8, 4) is 0 Å². The van der Waals surface area contributed by atoms with Crippen LogP contribution in [0, 0.1) is 11.8 Å². The molecule has 0 saturated carbocycles. The molecular weight excluding hydrogens is 292 g/mol. The van der Waals surface area contributed by atoms with Crippen molar-refractivity contribution >= 4 is 16.1 Å². The Kier molecular flexibility index (Phi) is 4.54. The van der Waals surface area contributed by atoms with E-state index in [1.54, 1.807) is 9.21 Å². The topological polar surface area (TPSA) is 66.9 Å². The molecule has 2 aliphatic heterocycles. The molecule has 0 aromatic heterocycles. The highest BCUT2D eigenvalue weighted by Gasteiger charge is 2.40. The fourth-order valence-electron chi connectivity index (χ4n) is 3.13. The molecule has 0 aromatic carbocycles. The van der Waals surface area contributed by atoms with E-state index in [2.05, 4.69) is 0 Å². The monoisotopic (exact) mass is 318 g/mol. The van der Waals surface area contributed by atoms with E-state index in [9.17, 15) is 13.2 Å². The molecule has 2 unspecified atom stereocenters. The number of carbonyl (C=O) groups is 1. The summed E-state index contributed by atoms with van der Waals surface area (Å²) in [5.74, 6) is 0.596. The zero-order valence-electron chi connectivity index (χ0n) is 13.3. The highest BCUT2D eigenvalue weighted by Crippen LogP contribution is 2.32. The van der Waals surface area contributed by atoms with Crippen molar-refractivity contribution < 1.29 is 17.9 Å². The van der Waals surface area contributed by atoms with E-state index in [1.807, 2.05) is 20.8 Å². The average Bonchev–Trinajstić information content (AvgIpc) is 2.58. The summed E-state index contributed by atoms with van der Waals surface area (Å²) in [7, 11) is -3.16. The average molecular weight is 318 g/mol. The summed E-state index contributed by atoms with van der Waals surface area (Å²) in [5, 5.41) is 0. The Morgan fingerprint density at radius 2 is 1.76 bits per heavy atom. The fourth-order valence-corrected chi connectivity index (χ4v) is 4.06. The van der Waals surface area contributed by atoms with Crippen molar-refractivity contribution in [2.24, 2.45) is 11.8 Å². The first-order valence-electron chi connectivity index (χ1n) is 7.49. The van der Waals surface area contributed by atoms with Crippen LogP contribution < -0.4 is 0 Å². The SMILES string of the molecule is CC(C)(C)OC(=O)N1CC2CCCN(S(C)(=O)=O)CC2C1.